The Morgan fingerprint density at radius 1 is 1.06 bits per heavy atom. The molecule has 0 atom stereocenters. The molecule has 2 fully saturated rings. The topological polar surface area (TPSA) is 46.3 Å². The first-order chi connectivity index (χ1) is 8.33. The van der Waals surface area contributed by atoms with Crippen LogP contribution in [0, 0.1) is 5.92 Å². The van der Waals surface area contributed by atoms with Crippen LogP contribution in [0.25, 0.3) is 0 Å². The van der Waals surface area contributed by atoms with Crippen LogP contribution >= 0.6 is 0 Å². The van der Waals surface area contributed by atoms with Crippen LogP contribution in [0.1, 0.15) is 57.8 Å². The van der Waals surface area contributed by atoms with E-state index in [0.717, 1.165) is 25.8 Å². The van der Waals surface area contributed by atoms with E-state index >= 15 is 0 Å². The minimum absolute atomic E-state index is 0.321. The maximum Gasteiger partial charge on any atom is 0.225 e. The van der Waals surface area contributed by atoms with Crippen molar-refractivity contribution in [1.29, 1.82) is 0 Å². The van der Waals surface area contributed by atoms with Crippen LogP contribution in [0.15, 0.2) is 0 Å². The van der Waals surface area contributed by atoms with Crippen LogP contribution in [-0.4, -0.2) is 29.9 Å². The number of hydrogen-bond acceptors (Lipinski definition) is 2. The summed E-state index contributed by atoms with van der Waals surface area (Å²) in [5, 5.41) is 0. The third-order valence-electron chi connectivity index (χ3n) is 4.36. The second-order valence-corrected chi connectivity index (χ2v) is 5.59. The van der Waals surface area contributed by atoms with E-state index in [2.05, 4.69) is 4.90 Å². The minimum Gasteiger partial charge on any atom is -0.339 e. The SMILES string of the molecule is NCCCN(C(=O)C1CCCCC1)C1CCC1. The van der Waals surface area contributed by atoms with Crippen molar-refractivity contribution >= 4 is 5.91 Å². The first-order valence-corrected chi connectivity index (χ1v) is 7.33. The van der Waals surface area contributed by atoms with Crippen molar-refractivity contribution in [3.05, 3.63) is 0 Å². The molecule has 0 aromatic heterocycles. The average Bonchev–Trinajstić information content (AvgIpc) is 2.32. The smallest absolute Gasteiger partial charge is 0.225 e. The number of rotatable bonds is 5. The highest BCUT2D eigenvalue weighted by atomic mass is 16.2. The zero-order valence-electron chi connectivity index (χ0n) is 10.9. The van der Waals surface area contributed by atoms with Crippen molar-refractivity contribution in [2.75, 3.05) is 13.1 Å². The summed E-state index contributed by atoms with van der Waals surface area (Å²) in [6.07, 6.45) is 10.7. The summed E-state index contributed by atoms with van der Waals surface area (Å²) < 4.78 is 0. The summed E-state index contributed by atoms with van der Waals surface area (Å²) in [6, 6.07) is 0.538. The molecule has 0 heterocycles. The lowest BCUT2D eigenvalue weighted by Crippen LogP contribution is -2.48. The molecule has 98 valence electrons. The molecule has 17 heavy (non-hydrogen) atoms. The predicted molar refractivity (Wildman–Crippen MR) is 69.6 cm³/mol. The molecule has 0 radical (unpaired) electrons. The Labute approximate surface area is 105 Å². The Bertz CT molecular complexity index is 245. The van der Waals surface area contributed by atoms with Crippen LogP contribution in [0.3, 0.4) is 0 Å². The van der Waals surface area contributed by atoms with Gasteiger partial charge in [-0.3, -0.25) is 4.79 Å². The lowest BCUT2D eigenvalue weighted by Gasteiger charge is -2.40. The Morgan fingerprint density at radius 3 is 2.29 bits per heavy atom. The normalized spacial score (nSPS) is 22.2. The maximum atomic E-state index is 12.5. The highest BCUT2D eigenvalue weighted by molar-refractivity contribution is 5.79. The lowest BCUT2D eigenvalue weighted by molar-refractivity contribution is -0.140. The van der Waals surface area contributed by atoms with E-state index < -0.39 is 0 Å². The Hall–Kier alpha value is -0.570. The van der Waals surface area contributed by atoms with Crippen molar-refractivity contribution < 1.29 is 4.79 Å². The van der Waals surface area contributed by atoms with Crippen LogP contribution in [0.5, 0.6) is 0 Å². The number of amides is 1. The van der Waals surface area contributed by atoms with Gasteiger partial charge < -0.3 is 10.6 Å². The summed E-state index contributed by atoms with van der Waals surface area (Å²) in [7, 11) is 0. The lowest BCUT2D eigenvalue weighted by atomic mass is 9.85. The fourth-order valence-corrected chi connectivity index (χ4v) is 3.02. The molecule has 2 rings (SSSR count). The largest absolute Gasteiger partial charge is 0.339 e. The standard InChI is InChI=1S/C14H26N2O/c15-10-5-11-16(13-8-4-9-13)14(17)12-6-2-1-3-7-12/h12-13H,1-11,15H2. The highest BCUT2D eigenvalue weighted by Crippen LogP contribution is 2.30. The number of carbonyl (C=O) groups excluding carboxylic acids is 1. The molecule has 0 unspecified atom stereocenters. The molecule has 3 nitrogen and oxygen atoms in total. The summed E-state index contributed by atoms with van der Waals surface area (Å²) in [4.78, 5) is 14.7. The molecule has 1 amide bonds. The number of carbonyl (C=O) groups is 1. The van der Waals surface area contributed by atoms with E-state index in [9.17, 15) is 4.79 Å². The fourth-order valence-electron chi connectivity index (χ4n) is 3.02. The maximum absolute atomic E-state index is 12.5. The second-order valence-electron chi connectivity index (χ2n) is 5.59. The van der Waals surface area contributed by atoms with Gasteiger partial charge in [-0.05, 0) is 45.1 Å². The third kappa shape index (κ3) is 3.21. The van der Waals surface area contributed by atoms with Crippen LogP contribution in [-0.2, 0) is 4.79 Å². The zero-order chi connectivity index (χ0) is 12.1. The van der Waals surface area contributed by atoms with Gasteiger partial charge in [0.1, 0.15) is 0 Å². The summed E-state index contributed by atoms with van der Waals surface area (Å²) in [6.45, 7) is 1.58. The van der Waals surface area contributed by atoms with Crippen LogP contribution in [0.2, 0.25) is 0 Å². The number of nitrogens with two attached hydrogens (primary N) is 1. The monoisotopic (exact) mass is 238 g/mol. The van der Waals surface area contributed by atoms with Gasteiger partial charge in [-0.25, -0.2) is 0 Å². The number of hydrogen-bond donors (Lipinski definition) is 1. The molecule has 2 aliphatic rings. The minimum atomic E-state index is 0.321. The van der Waals surface area contributed by atoms with Crippen molar-refractivity contribution in [3.63, 3.8) is 0 Å². The third-order valence-corrected chi connectivity index (χ3v) is 4.36. The Balaban J connectivity index is 1.90. The van der Waals surface area contributed by atoms with Crippen molar-refractivity contribution in [3.8, 4) is 0 Å². The average molecular weight is 238 g/mol. The molecule has 0 saturated heterocycles. The molecular weight excluding hydrogens is 212 g/mol. The van der Waals surface area contributed by atoms with Crippen molar-refractivity contribution in [2.24, 2.45) is 11.7 Å². The number of nitrogens with zero attached hydrogens (tertiary/aromatic N) is 1. The van der Waals surface area contributed by atoms with Gasteiger partial charge in [-0.1, -0.05) is 19.3 Å². The van der Waals surface area contributed by atoms with Gasteiger partial charge in [0.15, 0.2) is 0 Å². The molecule has 2 aliphatic carbocycles. The van der Waals surface area contributed by atoms with Gasteiger partial charge in [0, 0.05) is 18.5 Å². The van der Waals surface area contributed by atoms with Crippen LogP contribution in [0.4, 0.5) is 0 Å². The second kappa shape index (κ2) is 6.39. The quantitative estimate of drug-likeness (QED) is 0.799. The first kappa shape index (κ1) is 12.9. The van der Waals surface area contributed by atoms with Crippen LogP contribution < -0.4 is 5.73 Å². The van der Waals surface area contributed by atoms with E-state index in [4.69, 9.17) is 5.73 Å². The molecule has 2 saturated carbocycles. The van der Waals surface area contributed by atoms with Crippen molar-refractivity contribution in [1.82, 2.24) is 4.90 Å². The van der Waals surface area contributed by atoms with Gasteiger partial charge in [0.2, 0.25) is 5.91 Å². The predicted octanol–water partition coefficient (Wildman–Crippen LogP) is 2.30. The van der Waals surface area contributed by atoms with Gasteiger partial charge in [0.05, 0.1) is 0 Å². The Morgan fingerprint density at radius 2 is 1.76 bits per heavy atom. The molecule has 2 N–H and O–H groups in total. The van der Waals surface area contributed by atoms with E-state index in [1.165, 1.54) is 38.5 Å². The van der Waals surface area contributed by atoms with E-state index in [1.807, 2.05) is 0 Å². The molecule has 0 aromatic rings. The van der Waals surface area contributed by atoms with Gasteiger partial charge >= 0.3 is 0 Å². The van der Waals surface area contributed by atoms with Crippen molar-refractivity contribution in [2.45, 2.75) is 63.8 Å². The van der Waals surface area contributed by atoms with Gasteiger partial charge in [0.25, 0.3) is 0 Å². The van der Waals surface area contributed by atoms with E-state index in [1.54, 1.807) is 0 Å². The highest BCUT2D eigenvalue weighted by Gasteiger charge is 2.32. The van der Waals surface area contributed by atoms with E-state index in [-0.39, 0.29) is 0 Å². The molecule has 0 aliphatic heterocycles. The fraction of sp³-hybridized carbons (Fsp3) is 0.929. The van der Waals surface area contributed by atoms with Gasteiger partial charge in [-0.2, -0.15) is 0 Å². The van der Waals surface area contributed by atoms with E-state index in [0.29, 0.717) is 24.4 Å². The summed E-state index contributed by atoms with van der Waals surface area (Å²) in [5.41, 5.74) is 5.58. The zero-order valence-corrected chi connectivity index (χ0v) is 10.9. The first-order valence-electron chi connectivity index (χ1n) is 7.33. The Kier molecular flexibility index (Phi) is 4.84. The van der Waals surface area contributed by atoms with Gasteiger partial charge in [-0.15, -0.1) is 0 Å². The summed E-state index contributed by atoms with van der Waals surface area (Å²) >= 11 is 0. The molecule has 0 spiro atoms. The molecule has 0 bridgehead atoms. The summed E-state index contributed by atoms with van der Waals surface area (Å²) in [5.74, 6) is 0.755. The molecule has 0 aromatic carbocycles. The molecular formula is C14H26N2O. The molecule has 3 heteroatoms.